The molecule has 0 aliphatic heterocycles. The van der Waals surface area contributed by atoms with Gasteiger partial charge in [-0.1, -0.05) is 17.7 Å². The minimum absolute atomic E-state index is 0.303. The number of aryl methyl sites for hydroxylation is 4. The van der Waals surface area contributed by atoms with Crippen LogP contribution in [0.3, 0.4) is 0 Å². The summed E-state index contributed by atoms with van der Waals surface area (Å²) in [6, 6.07) is 6.93. The molecule has 0 amide bonds. The maximum atomic E-state index is 5.42. The van der Waals surface area contributed by atoms with Crippen LogP contribution < -0.4 is 5.32 Å². The molecule has 0 radical (unpaired) electrons. The lowest BCUT2D eigenvalue weighted by Gasteiger charge is -2.18. The van der Waals surface area contributed by atoms with Crippen LogP contribution in [0.15, 0.2) is 28.9 Å². The lowest BCUT2D eigenvalue weighted by molar-refractivity contribution is 0.520. The average Bonchev–Trinajstić information content (AvgIpc) is 2.75. The molecule has 0 aliphatic rings. The Bertz CT molecular complexity index is 545. The summed E-state index contributed by atoms with van der Waals surface area (Å²) in [6.07, 6.45) is 2.85. The van der Waals surface area contributed by atoms with Crippen molar-refractivity contribution in [3.63, 3.8) is 0 Å². The van der Waals surface area contributed by atoms with E-state index in [2.05, 4.69) is 44.3 Å². The molecule has 1 N–H and O–H groups in total. The predicted molar refractivity (Wildman–Crippen MR) is 79.6 cm³/mol. The summed E-state index contributed by atoms with van der Waals surface area (Å²) in [5, 5.41) is 3.39. The monoisotopic (exact) mass is 257 g/mol. The molecule has 1 atom stereocenters. The van der Waals surface area contributed by atoms with Gasteiger partial charge in [0.1, 0.15) is 5.76 Å². The number of hydrogen-bond donors (Lipinski definition) is 1. The van der Waals surface area contributed by atoms with Gasteiger partial charge in [0.15, 0.2) is 0 Å². The molecule has 0 bridgehead atoms. The molecule has 19 heavy (non-hydrogen) atoms. The van der Waals surface area contributed by atoms with Crippen LogP contribution >= 0.6 is 0 Å². The van der Waals surface area contributed by atoms with Crippen LogP contribution in [0, 0.1) is 27.7 Å². The van der Waals surface area contributed by atoms with Crippen LogP contribution in [0.1, 0.15) is 39.6 Å². The molecule has 0 spiro atoms. The lowest BCUT2D eigenvalue weighted by atomic mass is 9.92. The molecule has 1 unspecified atom stereocenters. The predicted octanol–water partition coefficient (Wildman–Crippen LogP) is 4.02. The summed E-state index contributed by atoms with van der Waals surface area (Å²) >= 11 is 0. The van der Waals surface area contributed by atoms with Crippen LogP contribution in [-0.2, 0) is 6.42 Å². The van der Waals surface area contributed by atoms with Crippen LogP contribution in [0.2, 0.25) is 0 Å². The van der Waals surface area contributed by atoms with Gasteiger partial charge in [-0.05, 0) is 63.9 Å². The van der Waals surface area contributed by atoms with Crippen LogP contribution in [0.5, 0.6) is 0 Å². The molecule has 0 saturated carbocycles. The normalized spacial score (nSPS) is 12.7. The van der Waals surface area contributed by atoms with Gasteiger partial charge in [0.25, 0.3) is 0 Å². The van der Waals surface area contributed by atoms with E-state index < -0.39 is 0 Å². The van der Waals surface area contributed by atoms with Crippen molar-refractivity contribution in [1.29, 1.82) is 0 Å². The minimum atomic E-state index is 0.303. The Morgan fingerprint density at radius 3 is 2.16 bits per heavy atom. The van der Waals surface area contributed by atoms with Gasteiger partial charge in [-0.25, -0.2) is 0 Å². The van der Waals surface area contributed by atoms with Gasteiger partial charge < -0.3 is 9.73 Å². The molecule has 1 aromatic heterocycles. The Labute approximate surface area is 115 Å². The first-order valence-electron chi connectivity index (χ1n) is 6.80. The zero-order valence-electron chi connectivity index (χ0n) is 12.5. The smallest absolute Gasteiger partial charge is 0.101 e. The fraction of sp³-hybridized carbons (Fsp3) is 0.412. The van der Waals surface area contributed by atoms with E-state index in [1.807, 2.05) is 20.2 Å². The topological polar surface area (TPSA) is 25.2 Å². The molecular weight excluding hydrogens is 234 g/mol. The van der Waals surface area contributed by atoms with Crippen molar-refractivity contribution in [3.8, 4) is 0 Å². The molecule has 0 saturated heterocycles. The first-order valence-corrected chi connectivity index (χ1v) is 6.80. The first-order chi connectivity index (χ1) is 9.01. The third-order valence-electron chi connectivity index (χ3n) is 3.75. The highest BCUT2D eigenvalue weighted by Crippen LogP contribution is 2.25. The van der Waals surface area contributed by atoms with E-state index in [0.29, 0.717) is 6.04 Å². The van der Waals surface area contributed by atoms with Crippen LogP contribution in [0.25, 0.3) is 0 Å². The Kier molecular flexibility index (Phi) is 4.11. The molecule has 0 aliphatic carbocycles. The second-order valence-electron chi connectivity index (χ2n) is 5.41. The van der Waals surface area contributed by atoms with E-state index >= 15 is 0 Å². The van der Waals surface area contributed by atoms with E-state index in [1.165, 1.54) is 27.8 Å². The van der Waals surface area contributed by atoms with Gasteiger partial charge in [0.05, 0.1) is 6.26 Å². The fourth-order valence-electron chi connectivity index (χ4n) is 2.77. The maximum Gasteiger partial charge on any atom is 0.101 e. The third-order valence-corrected chi connectivity index (χ3v) is 3.75. The van der Waals surface area contributed by atoms with Crippen LogP contribution in [-0.4, -0.2) is 7.05 Å². The Morgan fingerprint density at radius 1 is 1.05 bits per heavy atom. The maximum absolute atomic E-state index is 5.42. The van der Waals surface area contributed by atoms with Crippen molar-refractivity contribution in [2.24, 2.45) is 0 Å². The minimum Gasteiger partial charge on any atom is -0.469 e. The summed E-state index contributed by atoms with van der Waals surface area (Å²) in [5.74, 6) is 0.965. The summed E-state index contributed by atoms with van der Waals surface area (Å²) in [4.78, 5) is 0. The standard InChI is InChI=1S/C17H23NO/c1-11-6-12(2)16(13(3)7-11)9-17(18-5)15-8-14(4)19-10-15/h6-8,10,17-18H,9H2,1-5H3. The van der Waals surface area contributed by atoms with Gasteiger partial charge in [0.2, 0.25) is 0 Å². The number of nitrogens with one attached hydrogen (secondary N) is 1. The fourth-order valence-corrected chi connectivity index (χ4v) is 2.77. The highest BCUT2D eigenvalue weighted by atomic mass is 16.3. The molecule has 2 aromatic rings. The number of rotatable bonds is 4. The highest BCUT2D eigenvalue weighted by molar-refractivity contribution is 5.38. The highest BCUT2D eigenvalue weighted by Gasteiger charge is 2.15. The Balaban J connectivity index is 2.28. The Hall–Kier alpha value is -1.54. The number of hydrogen-bond acceptors (Lipinski definition) is 2. The quantitative estimate of drug-likeness (QED) is 0.895. The zero-order chi connectivity index (χ0) is 14.0. The molecule has 102 valence electrons. The molecule has 2 nitrogen and oxygen atoms in total. The SMILES string of the molecule is CNC(Cc1c(C)cc(C)cc1C)c1coc(C)c1. The summed E-state index contributed by atoms with van der Waals surface area (Å²) < 4.78 is 5.42. The average molecular weight is 257 g/mol. The van der Waals surface area contributed by atoms with E-state index in [-0.39, 0.29) is 0 Å². The van der Waals surface area contributed by atoms with Crippen molar-refractivity contribution in [2.75, 3.05) is 7.05 Å². The van der Waals surface area contributed by atoms with Crippen molar-refractivity contribution in [1.82, 2.24) is 5.32 Å². The number of likely N-dealkylation sites (N-methyl/N-ethyl adjacent to an activating group) is 1. The largest absolute Gasteiger partial charge is 0.469 e. The van der Waals surface area contributed by atoms with Crippen molar-refractivity contribution < 1.29 is 4.42 Å². The molecule has 2 heteroatoms. The number of benzene rings is 1. The van der Waals surface area contributed by atoms with Gasteiger partial charge in [-0.3, -0.25) is 0 Å². The van der Waals surface area contributed by atoms with Gasteiger partial charge in [-0.15, -0.1) is 0 Å². The van der Waals surface area contributed by atoms with E-state index in [1.54, 1.807) is 0 Å². The second-order valence-corrected chi connectivity index (χ2v) is 5.41. The molecule has 2 rings (SSSR count). The van der Waals surface area contributed by atoms with Crippen LogP contribution in [0.4, 0.5) is 0 Å². The van der Waals surface area contributed by atoms with Crippen molar-refractivity contribution in [3.05, 3.63) is 58.0 Å². The van der Waals surface area contributed by atoms with E-state index in [0.717, 1.165) is 12.2 Å². The summed E-state index contributed by atoms with van der Waals surface area (Å²) in [5.41, 5.74) is 6.73. The zero-order valence-corrected chi connectivity index (χ0v) is 12.5. The first kappa shape index (κ1) is 13.9. The van der Waals surface area contributed by atoms with Gasteiger partial charge in [-0.2, -0.15) is 0 Å². The summed E-state index contributed by atoms with van der Waals surface area (Å²) in [7, 11) is 2.01. The molecule has 1 heterocycles. The van der Waals surface area contributed by atoms with Gasteiger partial charge in [0, 0.05) is 11.6 Å². The van der Waals surface area contributed by atoms with E-state index in [4.69, 9.17) is 4.42 Å². The lowest BCUT2D eigenvalue weighted by Crippen LogP contribution is -2.19. The third kappa shape index (κ3) is 3.07. The number of furan rings is 1. The van der Waals surface area contributed by atoms with E-state index in [9.17, 15) is 0 Å². The Morgan fingerprint density at radius 2 is 1.68 bits per heavy atom. The molecule has 1 aromatic carbocycles. The molecule has 0 fully saturated rings. The van der Waals surface area contributed by atoms with Crippen molar-refractivity contribution in [2.45, 2.75) is 40.2 Å². The summed E-state index contributed by atoms with van der Waals surface area (Å²) in [6.45, 7) is 8.53. The second kappa shape index (κ2) is 5.62. The van der Waals surface area contributed by atoms with Gasteiger partial charge >= 0.3 is 0 Å². The van der Waals surface area contributed by atoms with Crippen molar-refractivity contribution >= 4 is 0 Å². The molecular formula is C17H23NO.